The fraction of sp³-hybridized carbons (Fsp3) is 0.423. The Morgan fingerprint density at radius 1 is 0.879 bits per heavy atom. The molecule has 3 amide bonds. The Morgan fingerprint density at radius 2 is 1.42 bits per heavy atom. The first kappa shape index (κ1) is 25.9. The summed E-state index contributed by atoms with van der Waals surface area (Å²) >= 11 is 0. The van der Waals surface area contributed by atoms with Gasteiger partial charge in [0, 0.05) is 0 Å². The van der Waals surface area contributed by atoms with Gasteiger partial charge in [0.25, 0.3) is 0 Å². The standard InChI is InChI=1S/C26H35N3O4/c1-5-6-17-21(28-25(32)33-26(2,3)4)24(31)27-18-22(30)29-23(19-13-9-7-10-14-19)20-15-11-8-12-16-20/h7-16,21,23H,5-6,17-18H2,1-4H3,(H,27,31)(H,28,32)(H,29,30). The fourth-order valence-corrected chi connectivity index (χ4v) is 3.28. The average Bonchev–Trinajstić information content (AvgIpc) is 2.78. The first-order valence-corrected chi connectivity index (χ1v) is 11.4. The van der Waals surface area contributed by atoms with Gasteiger partial charge >= 0.3 is 6.09 Å². The topological polar surface area (TPSA) is 96.5 Å². The molecule has 0 aliphatic heterocycles. The van der Waals surface area contributed by atoms with Gasteiger partial charge in [0.1, 0.15) is 11.6 Å². The normalized spacial score (nSPS) is 12.0. The third-order valence-electron chi connectivity index (χ3n) is 4.85. The second-order valence-corrected chi connectivity index (χ2v) is 8.88. The van der Waals surface area contributed by atoms with Gasteiger partial charge in [0.15, 0.2) is 0 Å². The number of nitrogens with one attached hydrogen (secondary N) is 3. The molecule has 0 aliphatic rings. The molecule has 33 heavy (non-hydrogen) atoms. The van der Waals surface area contributed by atoms with Crippen molar-refractivity contribution in [3.05, 3.63) is 71.8 Å². The van der Waals surface area contributed by atoms with Gasteiger partial charge in [-0.3, -0.25) is 9.59 Å². The summed E-state index contributed by atoms with van der Waals surface area (Å²) < 4.78 is 5.27. The molecule has 2 aromatic rings. The van der Waals surface area contributed by atoms with Gasteiger partial charge in [0.05, 0.1) is 12.6 Å². The number of unbranched alkanes of at least 4 members (excludes halogenated alkanes) is 1. The van der Waals surface area contributed by atoms with E-state index in [0.29, 0.717) is 6.42 Å². The number of alkyl carbamates (subject to hydrolysis) is 1. The van der Waals surface area contributed by atoms with Crippen LogP contribution in [0.5, 0.6) is 0 Å². The van der Waals surface area contributed by atoms with E-state index < -0.39 is 23.6 Å². The molecule has 1 atom stereocenters. The van der Waals surface area contributed by atoms with Crippen LogP contribution in [0.1, 0.15) is 64.1 Å². The first-order valence-electron chi connectivity index (χ1n) is 11.4. The lowest BCUT2D eigenvalue weighted by Crippen LogP contribution is -2.50. The zero-order valence-corrected chi connectivity index (χ0v) is 19.9. The van der Waals surface area contributed by atoms with Crippen molar-refractivity contribution in [3.8, 4) is 0 Å². The van der Waals surface area contributed by atoms with Crippen LogP contribution in [0.2, 0.25) is 0 Å². The highest BCUT2D eigenvalue weighted by molar-refractivity contribution is 5.89. The van der Waals surface area contributed by atoms with Crippen LogP contribution in [-0.4, -0.2) is 36.1 Å². The van der Waals surface area contributed by atoms with Crippen LogP contribution in [0.25, 0.3) is 0 Å². The van der Waals surface area contributed by atoms with Crippen LogP contribution in [0, 0.1) is 0 Å². The highest BCUT2D eigenvalue weighted by atomic mass is 16.6. The molecule has 2 aromatic carbocycles. The van der Waals surface area contributed by atoms with Crippen molar-refractivity contribution in [2.75, 3.05) is 6.54 Å². The number of hydrogen-bond donors (Lipinski definition) is 3. The van der Waals surface area contributed by atoms with E-state index in [4.69, 9.17) is 4.74 Å². The Labute approximate surface area is 196 Å². The Balaban J connectivity index is 2.00. The summed E-state index contributed by atoms with van der Waals surface area (Å²) in [6.45, 7) is 7.08. The van der Waals surface area contributed by atoms with Crippen LogP contribution in [0.4, 0.5) is 4.79 Å². The average molecular weight is 454 g/mol. The Bertz CT molecular complexity index is 855. The number of amides is 3. The molecule has 0 heterocycles. The summed E-state index contributed by atoms with van der Waals surface area (Å²) in [5.41, 5.74) is 1.21. The lowest BCUT2D eigenvalue weighted by molar-refractivity contribution is -0.127. The molecule has 0 saturated heterocycles. The number of carbonyl (C=O) groups excluding carboxylic acids is 3. The molecule has 0 radical (unpaired) electrons. The Hall–Kier alpha value is -3.35. The van der Waals surface area contributed by atoms with E-state index in [1.807, 2.05) is 67.6 Å². The molecule has 0 saturated carbocycles. The SMILES string of the molecule is CCCCC(NC(=O)OC(C)(C)C)C(=O)NCC(=O)NC(c1ccccc1)c1ccccc1. The smallest absolute Gasteiger partial charge is 0.408 e. The number of hydrogen-bond acceptors (Lipinski definition) is 4. The molecule has 0 spiro atoms. The quantitative estimate of drug-likeness (QED) is 0.505. The number of ether oxygens (including phenoxy) is 1. The molecular formula is C26H35N3O4. The van der Waals surface area contributed by atoms with E-state index in [1.54, 1.807) is 20.8 Å². The second kappa shape index (κ2) is 12.6. The predicted octanol–water partition coefficient (Wildman–Crippen LogP) is 4.09. The Morgan fingerprint density at radius 3 is 1.91 bits per heavy atom. The van der Waals surface area contributed by atoms with Crippen molar-refractivity contribution in [1.29, 1.82) is 0 Å². The van der Waals surface area contributed by atoms with Gasteiger partial charge in [-0.1, -0.05) is 80.4 Å². The third-order valence-corrected chi connectivity index (χ3v) is 4.85. The molecular weight excluding hydrogens is 418 g/mol. The molecule has 3 N–H and O–H groups in total. The molecule has 0 aromatic heterocycles. The van der Waals surface area contributed by atoms with Gasteiger partial charge in [0.2, 0.25) is 11.8 Å². The zero-order chi connectivity index (χ0) is 24.3. The zero-order valence-electron chi connectivity index (χ0n) is 19.9. The van der Waals surface area contributed by atoms with Crippen molar-refractivity contribution in [2.24, 2.45) is 0 Å². The van der Waals surface area contributed by atoms with Gasteiger partial charge in [-0.2, -0.15) is 0 Å². The van der Waals surface area contributed by atoms with E-state index >= 15 is 0 Å². The van der Waals surface area contributed by atoms with Crippen molar-refractivity contribution < 1.29 is 19.1 Å². The van der Waals surface area contributed by atoms with E-state index in [-0.39, 0.29) is 18.5 Å². The van der Waals surface area contributed by atoms with Crippen LogP contribution in [0.3, 0.4) is 0 Å². The van der Waals surface area contributed by atoms with Gasteiger partial charge in [-0.25, -0.2) is 4.79 Å². The van der Waals surface area contributed by atoms with Crippen molar-refractivity contribution in [2.45, 2.75) is 64.6 Å². The van der Waals surface area contributed by atoms with Crippen LogP contribution in [-0.2, 0) is 14.3 Å². The summed E-state index contributed by atoms with van der Waals surface area (Å²) in [6, 6.07) is 18.2. The summed E-state index contributed by atoms with van der Waals surface area (Å²) in [5.74, 6) is -0.743. The number of benzene rings is 2. The fourth-order valence-electron chi connectivity index (χ4n) is 3.28. The first-order chi connectivity index (χ1) is 15.7. The summed E-state index contributed by atoms with van der Waals surface area (Å²) in [5, 5.41) is 8.26. The van der Waals surface area contributed by atoms with Crippen LogP contribution in [0.15, 0.2) is 60.7 Å². The minimum absolute atomic E-state index is 0.201. The highest BCUT2D eigenvalue weighted by Gasteiger charge is 2.25. The maximum atomic E-state index is 12.7. The molecule has 0 aliphatic carbocycles. The monoisotopic (exact) mass is 453 g/mol. The van der Waals surface area contributed by atoms with Gasteiger partial charge in [-0.15, -0.1) is 0 Å². The minimum Gasteiger partial charge on any atom is -0.444 e. The third kappa shape index (κ3) is 9.35. The summed E-state index contributed by atoms with van der Waals surface area (Å²) in [7, 11) is 0. The summed E-state index contributed by atoms with van der Waals surface area (Å²) in [4.78, 5) is 37.6. The molecule has 7 heteroatoms. The molecule has 0 fully saturated rings. The maximum Gasteiger partial charge on any atom is 0.408 e. The van der Waals surface area contributed by atoms with Crippen molar-refractivity contribution >= 4 is 17.9 Å². The molecule has 0 bridgehead atoms. The number of rotatable bonds is 10. The Kier molecular flexibility index (Phi) is 9.91. The molecule has 2 rings (SSSR count). The van der Waals surface area contributed by atoms with Crippen LogP contribution < -0.4 is 16.0 Å². The molecule has 7 nitrogen and oxygen atoms in total. The van der Waals surface area contributed by atoms with E-state index in [1.165, 1.54) is 0 Å². The van der Waals surface area contributed by atoms with E-state index in [9.17, 15) is 14.4 Å². The van der Waals surface area contributed by atoms with E-state index in [0.717, 1.165) is 24.0 Å². The van der Waals surface area contributed by atoms with Gasteiger partial charge < -0.3 is 20.7 Å². The molecule has 1 unspecified atom stereocenters. The maximum absolute atomic E-state index is 12.7. The molecule has 178 valence electrons. The number of carbonyl (C=O) groups is 3. The lowest BCUT2D eigenvalue weighted by Gasteiger charge is -2.23. The highest BCUT2D eigenvalue weighted by Crippen LogP contribution is 2.21. The van der Waals surface area contributed by atoms with Crippen molar-refractivity contribution in [3.63, 3.8) is 0 Å². The van der Waals surface area contributed by atoms with Crippen molar-refractivity contribution in [1.82, 2.24) is 16.0 Å². The van der Waals surface area contributed by atoms with Crippen LogP contribution >= 0.6 is 0 Å². The second-order valence-electron chi connectivity index (χ2n) is 8.88. The minimum atomic E-state index is -0.772. The summed E-state index contributed by atoms with van der Waals surface area (Å²) in [6.07, 6.45) is 1.43. The van der Waals surface area contributed by atoms with Gasteiger partial charge in [-0.05, 0) is 38.3 Å². The lowest BCUT2D eigenvalue weighted by atomic mass is 9.99. The largest absolute Gasteiger partial charge is 0.444 e. The predicted molar refractivity (Wildman–Crippen MR) is 129 cm³/mol. The van der Waals surface area contributed by atoms with E-state index in [2.05, 4.69) is 16.0 Å².